The molecule has 0 saturated carbocycles. The second-order valence-electron chi connectivity index (χ2n) is 4.88. The third-order valence-corrected chi connectivity index (χ3v) is 2.76. The Hall–Kier alpha value is -1.55. The molecule has 0 aromatic heterocycles. The smallest absolute Gasteiger partial charge is 0.220 e. The molecule has 1 aromatic rings. The van der Waals surface area contributed by atoms with E-state index in [0.717, 1.165) is 18.6 Å². The zero-order chi connectivity index (χ0) is 14.1. The lowest BCUT2D eigenvalue weighted by Gasteiger charge is -2.08. The van der Waals surface area contributed by atoms with E-state index in [1.807, 2.05) is 38.1 Å². The summed E-state index contributed by atoms with van der Waals surface area (Å²) >= 11 is 0. The van der Waals surface area contributed by atoms with Crippen molar-refractivity contribution in [2.75, 3.05) is 13.2 Å². The van der Waals surface area contributed by atoms with Crippen LogP contribution in [0, 0.1) is 6.92 Å². The van der Waals surface area contributed by atoms with Gasteiger partial charge in [-0.05, 0) is 38.8 Å². The average molecular weight is 264 g/mol. The molecule has 0 aliphatic heterocycles. The summed E-state index contributed by atoms with van der Waals surface area (Å²) in [6, 6.07) is 8.03. The van der Waals surface area contributed by atoms with E-state index in [-0.39, 0.29) is 11.9 Å². The molecule has 4 heteroatoms. The fraction of sp³-hybridized carbons (Fsp3) is 0.533. The lowest BCUT2D eigenvalue weighted by atomic mass is 10.2. The van der Waals surface area contributed by atoms with E-state index < -0.39 is 0 Å². The van der Waals surface area contributed by atoms with Crippen LogP contribution in [-0.4, -0.2) is 25.1 Å². The highest BCUT2D eigenvalue weighted by Gasteiger charge is 2.02. The van der Waals surface area contributed by atoms with Crippen LogP contribution >= 0.6 is 0 Å². The van der Waals surface area contributed by atoms with Crippen molar-refractivity contribution < 1.29 is 9.53 Å². The van der Waals surface area contributed by atoms with Crippen molar-refractivity contribution in [3.05, 3.63) is 29.8 Å². The molecule has 19 heavy (non-hydrogen) atoms. The largest absolute Gasteiger partial charge is 0.494 e. The molecule has 4 nitrogen and oxygen atoms in total. The van der Waals surface area contributed by atoms with E-state index in [1.165, 1.54) is 5.56 Å². The third-order valence-electron chi connectivity index (χ3n) is 2.76. The minimum absolute atomic E-state index is 0.0626. The number of carbonyl (C=O) groups is 1. The summed E-state index contributed by atoms with van der Waals surface area (Å²) < 4.78 is 5.57. The number of benzene rings is 1. The molecule has 0 aliphatic carbocycles. The fourth-order valence-electron chi connectivity index (χ4n) is 1.57. The normalized spacial score (nSPS) is 11.9. The first kappa shape index (κ1) is 15.5. The molecular formula is C15H24N2O2. The number of rotatable bonds is 8. The van der Waals surface area contributed by atoms with Gasteiger partial charge in [-0.15, -0.1) is 0 Å². The van der Waals surface area contributed by atoms with Crippen LogP contribution in [0.15, 0.2) is 24.3 Å². The van der Waals surface area contributed by atoms with Crippen LogP contribution in [0.25, 0.3) is 0 Å². The number of ether oxygens (including phenoxy) is 1. The van der Waals surface area contributed by atoms with Gasteiger partial charge < -0.3 is 15.8 Å². The summed E-state index contributed by atoms with van der Waals surface area (Å²) in [5, 5.41) is 2.86. The van der Waals surface area contributed by atoms with Crippen LogP contribution in [0.5, 0.6) is 5.75 Å². The first-order valence-corrected chi connectivity index (χ1v) is 6.79. The summed E-state index contributed by atoms with van der Waals surface area (Å²) in [4.78, 5) is 11.4. The van der Waals surface area contributed by atoms with Crippen molar-refractivity contribution in [1.29, 1.82) is 0 Å². The Morgan fingerprint density at radius 2 is 2.05 bits per heavy atom. The molecule has 0 heterocycles. The quantitative estimate of drug-likeness (QED) is 0.706. The van der Waals surface area contributed by atoms with Crippen LogP contribution in [0.4, 0.5) is 0 Å². The molecule has 0 aliphatic rings. The maximum absolute atomic E-state index is 11.4. The number of amides is 1. The molecule has 1 aromatic carbocycles. The maximum atomic E-state index is 11.4. The van der Waals surface area contributed by atoms with Gasteiger partial charge in [-0.2, -0.15) is 0 Å². The van der Waals surface area contributed by atoms with E-state index in [1.54, 1.807) is 0 Å². The van der Waals surface area contributed by atoms with Crippen molar-refractivity contribution in [1.82, 2.24) is 5.32 Å². The third kappa shape index (κ3) is 7.47. The SMILES string of the molecule is Cc1ccc(OCCCNC(=O)CCC(C)N)cc1. The second-order valence-corrected chi connectivity index (χ2v) is 4.88. The molecular weight excluding hydrogens is 240 g/mol. The Labute approximate surface area is 115 Å². The van der Waals surface area contributed by atoms with Gasteiger partial charge in [-0.1, -0.05) is 17.7 Å². The molecule has 0 fully saturated rings. The first-order chi connectivity index (χ1) is 9.08. The Morgan fingerprint density at radius 3 is 2.68 bits per heavy atom. The van der Waals surface area contributed by atoms with Crippen LogP contribution in [-0.2, 0) is 4.79 Å². The molecule has 0 radical (unpaired) electrons. The summed E-state index contributed by atoms with van der Waals surface area (Å²) in [7, 11) is 0. The van der Waals surface area contributed by atoms with Crippen molar-refractivity contribution >= 4 is 5.91 Å². The number of aryl methyl sites for hydroxylation is 1. The van der Waals surface area contributed by atoms with Crippen molar-refractivity contribution in [3.8, 4) is 5.75 Å². The van der Waals surface area contributed by atoms with Gasteiger partial charge in [-0.25, -0.2) is 0 Å². The van der Waals surface area contributed by atoms with Crippen molar-refractivity contribution in [2.45, 2.75) is 39.2 Å². The molecule has 1 unspecified atom stereocenters. The van der Waals surface area contributed by atoms with E-state index >= 15 is 0 Å². The Balaban J connectivity index is 2.05. The lowest BCUT2D eigenvalue weighted by molar-refractivity contribution is -0.121. The predicted molar refractivity (Wildman–Crippen MR) is 77.2 cm³/mol. The number of carbonyl (C=O) groups excluding carboxylic acids is 1. The molecule has 3 N–H and O–H groups in total. The van der Waals surface area contributed by atoms with E-state index in [4.69, 9.17) is 10.5 Å². The fourth-order valence-corrected chi connectivity index (χ4v) is 1.57. The molecule has 0 saturated heterocycles. The Morgan fingerprint density at radius 1 is 1.37 bits per heavy atom. The van der Waals surface area contributed by atoms with Crippen molar-refractivity contribution in [3.63, 3.8) is 0 Å². The molecule has 106 valence electrons. The van der Waals surface area contributed by atoms with E-state index in [2.05, 4.69) is 5.32 Å². The lowest BCUT2D eigenvalue weighted by Crippen LogP contribution is -2.27. The monoisotopic (exact) mass is 264 g/mol. The topological polar surface area (TPSA) is 64.3 Å². The number of hydrogen-bond acceptors (Lipinski definition) is 3. The standard InChI is InChI=1S/C15H24N2O2/c1-12-4-7-14(8-5-12)19-11-3-10-17-15(18)9-6-13(2)16/h4-5,7-8,13H,3,6,9-11,16H2,1-2H3,(H,17,18). The average Bonchev–Trinajstić information content (AvgIpc) is 2.38. The van der Waals surface area contributed by atoms with Crippen LogP contribution in [0.2, 0.25) is 0 Å². The van der Waals surface area contributed by atoms with Gasteiger partial charge in [0.25, 0.3) is 0 Å². The molecule has 1 rings (SSSR count). The first-order valence-electron chi connectivity index (χ1n) is 6.79. The predicted octanol–water partition coefficient (Wildman–Crippen LogP) is 2.01. The van der Waals surface area contributed by atoms with E-state index in [9.17, 15) is 4.79 Å². The summed E-state index contributed by atoms with van der Waals surface area (Å²) in [5.74, 6) is 0.932. The van der Waals surface area contributed by atoms with Gasteiger partial charge in [0.05, 0.1) is 6.61 Å². The van der Waals surface area contributed by atoms with Crippen LogP contribution in [0.1, 0.15) is 31.7 Å². The Bertz CT molecular complexity index is 374. The molecule has 0 bridgehead atoms. The molecule has 0 spiro atoms. The van der Waals surface area contributed by atoms with E-state index in [0.29, 0.717) is 19.6 Å². The van der Waals surface area contributed by atoms with Gasteiger partial charge >= 0.3 is 0 Å². The van der Waals surface area contributed by atoms with Gasteiger partial charge in [0, 0.05) is 19.0 Å². The number of hydrogen-bond donors (Lipinski definition) is 2. The van der Waals surface area contributed by atoms with Gasteiger partial charge in [0.15, 0.2) is 0 Å². The summed E-state index contributed by atoms with van der Waals surface area (Å²) in [5.41, 5.74) is 6.81. The maximum Gasteiger partial charge on any atom is 0.220 e. The molecule has 1 atom stereocenters. The van der Waals surface area contributed by atoms with Gasteiger partial charge in [0.1, 0.15) is 5.75 Å². The van der Waals surface area contributed by atoms with Crippen LogP contribution in [0.3, 0.4) is 0 Å². The number of nitrogens with two attached hydrogens (primary N) is 1. The minimum Gasteiger partial charge on any atom is -0.494 e. The minimum atomic E-state index is 0.0626. The highest BCUT2D eigenvalue weighted by atomic mass is 16.5. The number of nitrogens with one attached hydrogen (secondary N) is 1. The van der Waals surface area contributed by atoms with Crippen molar-refractivity contribution in [2.24, 2.45) is 5.73 Å². The van der Waals surface area contributed by atoms with Crippen LogP contribution < -0.4 is 15.8 Å². The van der Waals surface area contributed by atoms with Gasteiger partial charge in [0.2, 0.25) is 5.91 Å². The van der Waals surface area contributed by atoms with Gasteiger partial charge in [-0.3, -0.25) is 4.79 Å². The summed E-state index contributed by atoms with van der Waals surface area (Å²) in [6.07, 6.45) is 2.03. The second kappa shape index (κ2) is 8.53. The highest BCUT2D eigenvalue weighted by molar-refractivity contribution is 5.75. The zero-order valence-corrected chi connectivity index (χ0v) is 11.8. The Kier molecular flexibility index (Phi) is 6.97. The molecule has 1 amide bonds. The highest BCUT2D eigenvalue weighted by Crippen LogP contribution is 2.11. The summed E-state index contributed by atoms with van der Waals surface area (Å²) in [6.45, 7) is 5.20. The zero-order valence-electron chi connectivity index (χ0n) is 11.8.